The van der Waals surface area contributed by atoms with Gasteiger partial charge in [0.2, 0.25) is 0 Å². The summed E-state index contributed by atoms with van der Waals surface area (Å²) in [5.74, 6) is 1.45. The Hall–Kier alpha value is -4.13. The molecule has 2 aromatic heterocycles. The fourth-order valence-corrected chi connectivity index (χ4v) is 3.86. The van der Waals surface area contributed by atoms with Gasteiger partial charge in [-0.15, -0.1) is 0 Å². The van der Waals surface area contributed by atoms with E-state index in [1.807, 2.05) is 24.3 Å². The molecule has 4 aliphatic rings. The number of halogens is 3. The van der Waals surface area contributed by atoms with Crippen LogP contribution in [0.25, 0.3) is 0 Å². The minimum absolute atomic E-state index is 0.158. The highest BCUT2D eigenvalue weighted by Crippen LogP contribution is 2.23. The number of carbonyl (C=O) groups excluding carboxylic acids is 1. The predicted octanol–water partition coefficient (Wildman–Crippen LogP) is 4.54. The zero-order valence-electron chi connectivity index (χ0n) is 23.1. The van der Waals surface area contributed by atoms with Gasteiger partial charge in [0.1, 0.15) is 23.2 Å². The molecule has 0 saturated heterocycles. The Kier molecular flexibility index (Phi) is 9.48. The van der Waals surface area contributed by atoms with Crippen LogP contribution >= 0.6 is 0 Å². The van der Waals surface area contributed by atoms with Gasteiger partial charge in [0.05, 0.1) is 12.2 Å². The second-order valence-electron chi connectivity index (χ2n) is 10.8. The number of pyridine rings is 1. The van der Waals surface area contributed by atoms with E-state index in [-0.39, 0.29) is 28.9 Å². The van der Waals surface area contributed by atoms with Crippen LogP contribution in [0.3, 0.4) is 0 Å². The Morgan fingerprint density at radius 2 is 1.78 bits per heavy atom. The predicted molar refractivity (Wildman–Crippen MR) is 149 cm³/mol. The zero-order valence-corrected chi connectivity index (χ0v) is 23.1. The average molecular weight is 574 g/mol. The second kappa shape index (κ2) is 13.0. The quantitative estimate of drug-likeness (QED) is 0.350. The second-order valence-corrected chi connectivity index (χ2v) is 10.8. The van der Waals surface area contributed by atoms with Crippen molar-refractivity contribution in [1.29, 1.82) is 0 Å². The molecule has 4 aliphatic heterocycles. The summed E-state index contributed by atoms with van der Waals surface area (Å²) in [6, 6.07) is 11.8. The first kappa shape index (κ1) is 29.8. The fourth-order valence-electron chi connectivity index (χ4n) is 3.86. The number of nitrogens with zero attached hydrogens (tertiary/aromatic N) is 3. The summed E-state index contributed by atoms with van der Waals surface area (Å²) >= 11 is 0. The van der Waals surface area contributed by atoms with E-state index >= 15 is 0 Å². The largest absolute Gasteiger partial charge is 0.493 e. The Morgan fingerprint density at radius 3 is 2.49 bits per heavy atom. The van der Waals surface area contributed by atoms with Gasteiger partial charge in [-0.2, -0.15) is 23.1 Å². The van der Waals surface area contributed by atoms with Gasteiger partial charge < -0.3 is 30.7 Å². The lowest BCUT2D eigenvalue weighted by Crippen LogP contribution is -2.41. The van der Waals surface area contributed by atoms with Crippen molar-refractivity contribution in [3.8, 4) is 11.8 Å². The number of ether oxygens (including phenoxy) is 2. The zero-order chi connectivity index (χ0) is 29.5. The van der Waals surface area contributed by atoms with Crippen LogP contribution in [0.5, 0.6) is 11.8 Å². The van der Waals surface area contributed by atoms with E-state index in [1.54, 1.807) is 12.1 Å². The van der Waals surface area contributed by atoms with Gasteiger partial charge in [-0.05, 0) is 35.2 Å². The lowest BCUT2D eigenvalue weighted by molar-refractivity contribution is -0.154. The third-order valence-corrected chi connectivity index (χ3v) is 6.11. The van der Waals surface area contributed by atoms with Gasteiger partial charge >= 0.3 is 12.2 Å². The molecule has 0 unspecified atom stereocenters. The summed E-state index contributed by atoms with van der Waals surface area (Å²) in [6.45, 7) is 7.47. The summed E-state index contributed by atoms with van der Waals surface area (Å²) in [7, 11) is 0. The van der Waals surface area contributed by atoms with Gasteiger partial charge in [-0.25, -0.2) is 4.98 Å². The fraction of sp³-hybridized carbons (Fsp3) is 0.429. The van der Waals surface area contributed by atoms with Gasteiger partial charge in [0.25, 0.3) is 5.91 Å². The third-order valence-electron chi connectivity index (χ3n) is 6.11. The molecule has 6 heterocycles. The molecular weight excluding hydrogens is 539 g/mol. The number of hydrogen-bond acceptors (Lipinski definition) is 9. The van der Waals surface area contributed by atoms with Crippen molar-refractivity contribution in [2.24, 2.45) is 11.3 Å². The standard InChI is InChI=1S/C28H34F3N7O3/c1-18-11-32-15-27(2,3)16-35-25(39)20-6-9-22(34-13-20)36-24-10-23(37-26(38-24)41-17-28(29,30)31)33-12-19-4-7-21(8-5-19)40-14-18/h4-10,13,18,32H,11-12,14-17H2,1-3H3,(H,35,39)(H2,33,34,36,37,38)/t18-/m0/s1. The molecule has 0 radical (unpaired) electrons. The van der Waals surface area contributed by atoms with Crippen molar-refractivity contribution >= 4 is 23.4 Å². The molecule has 1 aromatic carbocycles. The first-order chi connectivity index (χ1) is 19.4. The number of carbonyl (C=O) groups is 1. The number of aromatic nitrogens is 3. The number of anilines is 3. The Labute approximate surface area is 236 Å². The highest BCUT2D eigenvalue weighted by molar-refractivity contribution is 5.94. The summed E-state index contributed by atoms with van der Waals surface area (Å²) in [5.41, 5.74) is 1.08. The molecule has 0 aliphatic carbocycles. The molecular formula is C28H34F3N7O3. The summed E-state index contributed by atoms with van der Waals surface area (Å²) in [4.78, 5) is 25.1. The van der Waals surface area contributed by atoms with E-state index in [0.717, 1.165) is 17.9 Å². The maximum absolute atomic E-state index is 12.8. The number of nitrogens with one attached hydrogen (secondary N) is 4. The van der Waals surface area contributed by atoms with Gasteiger partial charge in [0, 0.05) is 44.4 Å². The van der Waals surface area contributed by atoms with E-state index < -0.39 is 18.8 Å². The molecule has 0 fully saturated rings. The minimum Gasteiger partial charge on any atom is -0.493 e. The molecule has 4 N–H and O–H groups in total. The lowest BCUT2D eigenvalue weighted by Gasteiger charge is -2.26. The molecule has 10 nitrogen and oxygen atoms in total. The van der Waals surface area contributed by atoms with Crippen LogP contribution in [0.15, 0.2) is 48.7 Å². The van der Waals surface area contributed by atoms with Crippen LogP contribution in [0.2, 0.25) is 0 Å². The van der Waals surface area contributed by atoms with Crippen LogP contribution < -0.4 is 30.7 Å². The topological polar surface area (TPSA) is 122 Å². The van der Waals surface area contributed by atoms with Crippen LogP contribution in [0.4, 0.5) is 30.6 Å². The molecule has 7 rings (SSSR count). The number of rotatable bonds is 2. The monoisotopic (exact) mass is 573 g/mol. The first-order valence-electron chi connectivity index (χ1n) is 13.2. The SMILES string of the molecule is C[C@H]1CNCC(C)(C)CNC(=O)c2ccc(nc2)Nc2cc(nc(OCC(F)(F)F)n2)NCc2ccc(cc2)OC1. The first-order valence-corrected chi connectivity index (χ1v) is 13.2. The van der Waals surface area contributed by atoms with Crippen LogP contribution in [0, 0.1) is 11.3 Å². The molecule has 13 heteroatoms. The molecule has 3 aromatic rings. The van der Waals surface area contributed by atoms with Crippen LogP contribution in [-0.2, 0) is 6.54 Å². The van der Waals surface area contributed by atoms with E-state index in [4.69, 9.17) is 9.47 Å². The number of benzene rings is 1. The van der Waals surface area contributed by atoms with E-state index in [0.29, 0.717) is 37.6 Å². The van der Waals surface area contributed by atoms with Crippen molar-refractivity contribution in [3.05, 3.63) is 59.8 Å². The van der Waals surface area contributed by atoms with Gasteiger partial charge in [0.15, 0.2) is 6.61 Å². The van der Waals surface area contributed by atoms with Crippen molar-refractivity contribution < 1.29 is 27.4 Å². The smallest absolute Gasteiger partial charge is 0.422 e. The Morgan fingerprint density at radius 1 is 1.02 bits per heavy atom. The van der Waals surface area contributed by atoms with Crippen molar-refractivity contribution in [3.63, 3.8) is 0 Å². The van der Waals surface area contributed by atoms with Crippen LogP contribution in [0.1, 0.15) is 36.7 Å². The highest BCUT2D eigenvalue weighted by atomic mass is 19.4. The summed E-state index contributed by atoms with van der Waals surface area (Å²) in [6.07, 6.45) is -3.14. The minimum atomic E-state index is -4.55. The lowest BCUT2D eigenvalue weighted by atomic mass is 9.93. The normalized spacial score (nSPS) is 18.3. The average Bonchev–Trinajstić information content (AvgIpc) is 2.93. The molecule has 41 heavy (non-hydrogen) atoms. The molecule has 6 bridgehead atoms. The molecule has 1 amide bonds. The van der Waals surface area contributed by atoms with Crippen molar-refractivity contribution in [1.82, 2.24) is 25.6 Å². The van der Waals surface area contributed by atoms with E-state index in [9.17, 15) is 18.0 Å². The number of hydrogen-bond donors (Lipinski definition) is 4. The maximum atomic E-state index is 12.8. The maximum Gasteiger partial charge on any atom is 0.422 e. The Balaban J connectivity index is 1.57. The summed E-state index contributed by atoms with van der Waals surface area (Å²) in [5, 5.41) is 12.4. The highest BCUT2D eigenvalue weighted by Gasteiger charge is 2.29. The van der Waals surface area contributed by atoms with Crippen LogP contribution in [-0.4, -0.2) is 59.9 Å². The molecule has 0 saturated carbocycles. The molecule has 1 atom stereocenters. The van der Waals surface area contributed by atoms with Crippen molar-refractivity contribution in [2.75, 3.05) is 43.5 Å². The number of amides is 1. The van der Waals surface area contributed by atoms with Gasteiger partial charge in [-0.1, -0.05) is 32.9 Å². The van der Waals surface area contributed by atoms with Crippen molar-refractivity contribution in [2.45, 2.75) is 33.5 Å². The van der Waals surface area contributed by atoms with E-state index in [1.165, 1.54) is 12.3 Å². The van der Waals surface area contributed by atoms with Gasteiger partial charge in [-0.3, -0.25) is 4.79 Å². The summed E-state index contributed by atoms with van der Waals surface area (Å²) < 4.78 is 49.0. The molecule has 0 spiro atoms. The number of alkyl halides is 3. The molecule has 220 valence electrons. The van der Waals surface area contributed by atoms with E-state index in [2.05, 4.69) is 57.0 Å². The third kappa shape index (κ3) is 9.78. The Bertz CT molecular complexity index is 1300.